The number of esters is 1. The number of benzene rings is 1. The quantitative estimate of drug-likeness (QED) is 0.419. The lowest BCUT2D eigenvalue weighted by Crippen LogP contribution is -2.22. The van der Waals surface area contributed by atoms with E-state index in [0.29, 0.717) is 16.6 Å². The van der Waals surface area contributed by atoms with Crippen molar-refractivity contribution in [3.63, 3.8) is 0 Å². The van der Waals surface area contributed by atoms with Crippen LogP contribution in [-0.2, 0) is 11.3 Å². The van der Waals surface area contributed by atoms with Crippen LogP contribution in [0.25, 0.3) is 16.6 Å². The summed E-state index contributed by atoms with van der Waals surface area (Å²) in [7, 11) is 0. The lowest BCUT2D eigenvalue weighted by molar-refractivity contribution is 0.0173. The third-order valence-electron chi connectivity index (χ3n) is 4.71. The van der Waals surface area contributed by atoms with Crippen molar-refractivity contribution in [3.8, 4) is 0 Å². The lowest BCUT2D eigenvalue weighted by Gasteiger charge is -2.11. The molecule has 0 unspecified atom stereocenters. The number of aromatic nitrogens is 3. The Labute approximate surface area is 185 Å². The first-order chi connectivity index (χ1) is 15.4. The van der Waals surface area contributed by atoms with Gasteiger partial charge >= 0.3 is 5.97 Å². The summed E-state index contributed by atoms with van der Waals surface area (Å²) in [6.45, 7) is -0.653. The Morgan fingerprint density at radius 2 is 2.06 bits per heavy atom. The lowest BCUT2D eigenvalue weighted by atomic mass is 10.1. The second kappa shape index (κ2) is 8.91. The highest BCUT2D eigenvalue weighted by Crippen LogP contribution is 2.34. The maximum absolute atomic E-state index is 12.8. The molecule has 0 aliphatic carbocycles. The molecule has 0 saturated heterocycles. The van der Waals surface area contributed by atoms with Gasteiger partial charge in [-0.25, -0.2) is 23.1 Å². The van der Waals surface area contributed by atoms with Crippen LogP contribution in [0.4, 0.5) is 8.78 Å². The van der Waals surface area contributed by atoms with Gasteiger partial charge in [-0.1, -0.05) is 11.6 Å². The van der Waals surface area contributed by atoms with Crippen LogP contribution in [0.2, 0.25) is 5.02 Å². The van der Waals surface area contributed by atoms with Gasteiger partial charge < -0.3 is 14.5 Å². The van der Waals surface area contributed by atoms with Crippen LogP contribution in [0.5, 0.6) is 0 Å². The fraction of sp³-hybridized carbons (Fsp3) is 0.238. The molecule has 1 amide bonds. The predicted molar refractivity (Wildman–Crippen MR) is 111 cm³/mol. The van der Waals surface area contributed by atoms with E-state index in [1.54, 1.807) is 31.5 Å². The summed E-state index contributed by atoms with van der Waals surface area (Å²) in [5.41, 5.74) is 1.40. The molecule has 8 nitrogen and oxygen atoms in total. The zero-order valence-corrected chi connectivity index (χ0v) is 17.5. The maximum atomic E-state index is 12.8. The Morgan fingerprint density at radius 1 is 1.28 bits per heavy atom. The van der Waals surface area contributed by atoms with Crippen molar-refractivity contribution in [3.05, 3.63) is 64.3 Å². The minimum absolute atomic E-state index is 0.0156. The minimum atomic E-state index is -1.50. The van der Waals surface area contributed by atoms with Gasteiger partial charge in [0.05, 0.1) is 17.8 Å². The molecule has 1 N–H and O–H groups in total. The van der Waals surface area contributed by atoms with E-state index >= 15 is 0 Å². The van der Waals surface area contributed by atoms with Crippen molar-refractivity contribution in [2.24, 2.45) is 0 Å². The molecule has 0 bridgehead atoms. The number of aryl methyl sites for hydroxylation is 1. The van der Waals surface area contributed by atoms with Crippen molar-refractivity contribution in [1.82, 2.24) is 19.9 Å². The van der Waals surface area contributed by atoms with Gasteiger partial charge in [-0.15, -0.1) is 0 Å². The second-order valence-electron chi connectivity index (χ2n) is 6.99. The third kappa shape index (κ3) is 4.01. The zero-order valence-electron chi connectivity index (χ0n) is 16.8. The first-order valence-corrected chi connectivity index (χ1v) is 9.91. The number of carbonyl (C=O) groups is 2. The Bertz CT molecular complexity index is 1320. The summed E-state index contributed by atoms with van der Waals surface area (Å²) in [6.07, 6.45) is 3.10. The fourth-order valence-corrected chi connectivity index (χ4v) is 3.44. The molecule has 0 fully saturated rings. The second-order valence-corrected chi connectivity index (χ2v) is 7.37. The van der Waals surface area contributed by atoms with Crippen LogP contribution < -0.4 is 5.32 Å². The molecule has 0 atom stereocenters. The molecule has 4 aromatic rings. The van der Waals surface area contributed by atoms with Crippen molar-refractivity contribution in [1.29, 1.82) is 0 Å². The Hall–Kier alpha value is -3.53. The standard InChI is InChI=1S/C21H17ClF2N4O4/c1-11-5-13-17(22)16(32-18(13)14(6-11)21(30)31-12(7-23)8-24)10-26-20(29)15-9-27-28-4-2-3-25-19(15)28/h2-6,9,12H,7-8,10H2,1H3,(H,26,29). The molecule has 0 aliphatic rings. The number of hydrogen-bond acceptors (Lipinski definition) is 6. The fourth-order valence-electron chi connectivity index (χ4n) is 3.19. The van der Waals surface area contributed by atoms with Gasteiger partial charge in [-0.2, -0.15) is 5.10 Å². The average molecular weight is 463 g/mol. The number of rotatable bonds is 7. The molecule has 166 valence electrons. The van der Waals surface area contributed by atoms with Crippen LogP contribution in [0.3, 0.4) is 0 Å². The molecule has 0 saturated carbocycles. The Kier molecular flexibility index (Phi) is 6.04. The van der Waals surface area contributed by atoms with Crippen LogP contribution in [0, 0.1) is 6.92 Å². The highest BCUT2D eigenvalue weighted by molar-refractivity contribution is 6.36. The number of alkyl halides is 2. The first-order valence-electron chi connectivity index (χ1n) is 9.54. The van der Waals surface area contributed by atoms with E-state index < -0.39 is 31.3 Å². The van der Waals surface area contributed by atoms with E-state index in [1.165, 1.54) is 16.8 Å². The summed E-state index contributed by atoms with van der Waals surface area (Å²) in [5, 5.41) is 7.36. The largest absolute Gasteiger partial charge is 0.457 e. The molecule has 0 spiro atoms. The topological polar surface area (TPSA) is 98.7 Å². The number of halogens is 3. The van der Waals surface area contributed by atoms with E-state index in [9.17, 15) is 18.4 Å². The number of furan rings is 1. The van der Waals surface area contributed by atoms with Gasteiger partial charge in [0.15, 0.2) is 17.3 Å². The van der Waals surface area contributed by atoms with Crippen LogP contribution >= 0.6 is 11.6 Å². The monoisotopic (exact) mass is 462 g/mol. The van der Waals surface area contributed by atoms with E-state index in [2.05, 4.69) is 15.4 Å². The Balaban J connectivity index is 1.60. The minimum Gasteiger partial charge on any atom is -0.457 e. The van der Waals surface area contributed by atoms with Crippen LogP contribution in [0.1, 0.15) is 32.0 Å². The van der Waals surface area contributed by atoms with Crippen molar-refractivity contribution >= 4 is 40.1 Å². The molecule has 0 radical (unpaired) electrons. The van der Waals surface area contributed by atoms with Crippen molar-refractivity contribution < 1.29 is 27.5 Å². The number of fused-ring (bicyclic) bond motifs is 2. The molecule has 11 heteroatoms. The smallest absolute Gasteiger partial charge is 0.342 e. The predicted octanol–water partition coefficient (Wildman–Crippen LogP) is 3.83. The summed E-state index contributed by atoms with van der Waals surface area (Å²) in [5.74, 6) is -1.18. The van der Waals surface area contributed by atoms with Crippen molar-refractivity contribution in [2.75, 3.05) is 13.3 Å². The van der Waals surface area contributed by atoms with Gasteiger partial charge in [0.1, 0.15) is 30.2 Å². The number of amides is 1. The van der Waals surface area contributed by atoms with E-state index in [0.717, 1.165) is 0 Å². The number of carbonyl (C=O) groups excluding carboxylic acids is 2. The van der Waals surface area contributed by atoms with E-state index in [1.807, 2.05) is 0 Å². The van der Waals surface area contributed by atoms with Crippen molar-refractivity contribution in [2.45, 2.75) is 19.6 Å². The molecular weight excluding hydrogens is 446 g/mol. The molecule has 1 aromatic carbocycles. The van der Waals surface area contributed by atoms with E-state index in [4.69, 9.17) is 20.8 Å². The van der Waals surface area contributed by atoms with Gasteiger partial charge in [-0.05, 0) is 30.7 Å². The third-order valence-corrected chi connectivity index (χ3v) is 5.13. The SMILES string of the molecule is Cc1cc(C(=O)OC(CF)CF)c2oc(CNC(=O)c3cnn4cccnc34)c(Cl)c2c1. The number of ether oxygens (including phenoxy) is 1. The Morgan fingerprint density at radius 3 is 2.81 bits per heavy atom. The van der Waals surface area contributed by atoms with Gasteiger partial charge in [-0.3, -0.25) is 4.79 Å². The molecule has 32 heavy (non-hydrogen) atoms. The summed E-state index contributed by atoms with van der Waals surface area (Å²) in [4.78, 5) is 29.2. The van der Waals surface area contributed by atoms with Crippen LogP contribution in [-0.4, -0.2) is 45.9 Å². The number of nitrogens with zero attached hydrogens (tertiary/aromatic N) is 3. The zero-order chi connectivity index (χ0) is 22.8. The average Bonchev–Trinajstić information content (AvgIpc) is 3.36. The van der Waals surface area contributed by atoms with Gasteiger partial charge in [0.2, 0.25) is 0 Å². The molecular formula is C21H17ClF2N4O4. The highest BCUT2D eigenvalue weighted by Gasteiger charge is 2.24. The molecule has 3 heterocycles. The molecule has 4 rings (SSSR count). The summed E-state index contributed by atoms with van der Waals surface area (Å²) < 4.78 is 37.6. The molecule has 0 aliphatic heterocycles. The summed E-state index contributed by atoms with van der Waals surface area (Å²) >= 11 is 6.42. The number of nitrogens with one attached hydrogen (secondary N) is 1. The van der Waals surface area contributed by atoms with Gasteiger partial charge in [0, 0.05) is 17.8 Å². The summed E-state index contributed by atoms with van der Waals surface area (Å²) in [6, 6.07) is 4.86. The van der Waals surface area contributed by atoms with Crippen LogP contribution in [0.15, 0.2) is 41.2 Å². The normalized spacial score (nSPS) is 11.4. The maximum Gasteiger partial charge on any atom is 0.342 e. The van der Waals surface area contributed by atoms with Gasteiger partial charge in [0.25, 0.3) is 5.91 Å². The van der Waals surface area contributed by atoms with E-state index in [-0.39, 0.29) is 34.0 Å². The highest BCUT2D eigenvalue weighted by atomic mass is 35.5. The first kappa shape index (κ1) is 21.7. The number of hydrogen-bond donors (Lipinski definition) is 1. The molecule has 3 aromatic heterocycles.